The van der Waals surface area contributed by atoms with E-state index in [1.807, 2.05) is 41.0 Å². The Bertz CT molecular complexity index is 873. The summed E-state index contributed by atoms with van der Waals surface area (Å²) in [6.07, 6.45) is 1.81. The monoisotopic (exact) mass is 290 g/mol. The molecule has 0 aliphatic carbocycles. The van der Waals surface area contributed by atoms with Gasteiger partial charge in [-0.05, 0) is 23.8 Å². The minimum Gasteiger partial charge on any atom is -0.424 e. The van der Waals surface area contributed by atoms with Crippen LogP contribution < -0.4 is 4.74 Å². The summed E-state index contributed by atoms with van der Waals surface area (Å²) in [7, 11) is 0. The summed E-state index contributed by atoms with van der Waals surface area (Å²) >= 11 is 0. The molecule has 0 spiro atoms. The van der Waals surface area contributed by atoms with Crippen molar-refractivity contribution in [3.63, 3.8) is 0 Å². The van der Waals surface area contributed by atoms with Gasteiger partial charge in [-0.1, -0.05) is 30.3 Å². The SMILES string of the molecule is CC(=O)Oc1cn(Cc2ccccc2)c2ccc(C#N)cc12. The van der Waals surface area contributed by atoms with Crippen molar-refractivity contribution in [1.29, 1.82) is 5.26 Å². The third kappa shape index (κ3) is 2.70. The smallest absolute Gasteiger partial charge is 0.308 e. The van der Waals surface area contributed by atoms with Crippen LogP contribution in [0.1, 0.15) is 18.1 Å². The van der Waals surface area contributed by atoms with Crippen molar-refractivity contribution in [2.45, 2.75) is 13.5 Å². The Balaban J connectivity index is 2.10. The zero-order valence-corrected chi connectivity index (χ0v) is 12.1. The first-order valence-corrected chi connectivity index (χ1v) is 6.92. The molecule has 0 atom stereocenters. The zero-order chi connectivity index (χ0) is 15.5. The first kappa shape index (κ1) is 13.9. The highest BCUT2D eigenvalue weighted by Gasteiger charge is 2.12. The second-order valence-corrected chi connectivity index (χ2v) is 5.04. The molecule has 0 bridgehead atoms. The lowest BCUT2D eigenvalue weighted by atomic mass is 10.1. The molecule has 0 unspecified atom stereocenters. The van der Waals surface area contributed by atoms with Crippen LogP contribution >= 0.6 is 0 Å². The van der Waals surface area contributed by atoms with E-state index < -0.39 is 0 Å². The van der Waals surface area contributed by atoms with Gasteiger partial charge in [0.2, 0.25) is 0 Å². The Kier molecular flexibility index (Phi) is 3.63. The molecule has 3 rings (SSSR count). The van der Waals surface area contributed by atoms with Gasteiger partial charge in [0.1, 0.15) is 0 Å². The Hall–Kier alpha value is -3.06. The van der Waals surface area contributed by atoms with Gasteiger partial charge in [0.05, 0.1) is 17.1 Å². The predicted octanol–water partition coefficient (Wildman–Crippen LogP) is 3.49. The summed E-state index contributed by atoms with van der Waals surface area (Å²) in [5, 5.41) is 9.82. The number of carbonyl (C=O) groups is 1. The molecule has 0 saturated carbocycles. The molecule has 2 aromatic carbocycles. The molecule has 4 heteroatoms. The molecule has 3 aromatic rings. The highest BCUT2D eigenvalue weighted by molar-refractivity contribution is 5.90. The van der Waals surface area contributed by atoms with Crippen LogP contribution in [-0.4, -0.2) is 10.5 Å². The Morgan fingerprint density at radius 3 is 2.68 bits per heavy atom. The van der Waals surface area contributed by atoms with Gasteiger partial charge < -0.3 is 9.30 Å². The maximum absolute atomic E-state index is 11.3. The van der Waals surface area contributed by atoms with Crippen molar-refractivity contribution >= 4 is 16.9 Å². The number of fused-ring (bicyclic) bond motifs is 1. The molecular formula is C18H14N2O2. The molecule has 1 heterocycles. The second-order valence-electron chi connectivity index (χ2n) is 5.04. The van der Waals surface area contributed by atoms with Crippen molar-refractivity contribution in [1.82, 2.24) is 4.57 Å². The van der Waals surface area contributed by atoms with Gasteiger partial charge in [0.25, 0.3) is 0 Å². The van der Waals surface area contributed by atoms with Crippen molar-refractivity contribution in [3.05, 3.63) is 65.9 Å². The third-order valence-corrected chi connectivity index (χ3v) is 3.42. The molecule has 0 radical (unpaired) electrons. The fourth-order valence-electron chi connectivity index (χ4n) is 2.48. The number of aromatic nitrogens is 1. The van der Waals surface area contributed by atoms with Crippen molar-refractivity contribution < 1.29 is 9.53 Å². The zero-order valence-electron chi connectivity index (χ0n) is 12.1. The van der Waals surface area contributed by atoms with E-state index in [1.165, 1.54) is 6.92 Å². The number of esters is 1. The molecule has 0 aliphatic rings. The number of rotatable bonds is 3. The molecule has 0 N–H and O–H groups in total. The largest absolute Gasteiger partial charge is 0.424 e. The first-order valence-electron chi connectivity index (χ1n) is 6.92. The molecule has 1 aromatic heterocycles. The average molecular weight is 290 g/mol. The molecular weight excluding hydrogens is 276 g/mol. The lowest BCUT2D eigenvalue weighted by molar-refractivity contribution is -0.131. The summed E-state index contributed by atoms with van der Waals surface area (Å²) in [6, 6.07) is 17.5. The van der Waals surface area contributed by atoms with Crippen LogP contribution in [0.25, 0.3) is 10.9 Å². The van der Waals surface area contributed by atoms with E-state index >= 15 is 0 Å². The van der Waals surface area contributed by atoms with Gasteiger partial charge in [-0.25, -0.2) is 0 Å². The summed E-state index contributed by atoms with van der Waals surface area (Å²) < 4.78 is 7.29. The number of nitriles is 1. The lowest BCUT2D eigenvalue weighted by Crippen LogP contribution is -2.01. The minimum absolute atomic E-state index is 0.374. The fourth-order valence-corrected chi connectivity index (χ4v) is 2.48. The van der Waals surface area contributed by atoms with Crippen molar-refractivity contribution in [2.24, 2.45) is 0 Å². The van der Waals surface area contributed by atoms with E-state index in [0.717, 1.165) is 16.5 Å². The van der Waals surface area contributed by atoms with Crippen LogP contribution in [0.2, 0.25) is 0 Å². The lowest BCUT2D eigenvalue weighted by Gasteiger charge is -2.05. The van der Waals surface area contributed by atoms with E-state index in [0.29, 0.717) is 17.9 Å². The number of benzene rings is 2. The Labute approximate surface area is 128 Å². The molecule has 22 heavy (non-hydrogen) atoms. The maximum Gasteiger partial charge on any atom is 0.308 e. The van der Waals surface area contributed by atoms with Crippen molar-refractivity contribution in [2.75, 3.05) is 0 Å². The summed E-state index contributed by atoms with van der Waals surface area (Å²) in [6.45, 7) is 2.04. The van der Waals surface area contributed by atoms with Gasteiger partial charge in [0, 0.05) is 25.1 Å². The van der Waals surface area contributed by atoms with E-state index in [9.17, 15) is 4.79 Å². The van der Waals surface area contributed by atoms with Crippen molar-refractivity contribution in [3.8, 4) is 11.8 Å². The van der Waals surface area contributed by atoms with E-state index in [-0.39, 0.29) is 5.97 Å². The highest BCUT2D eigenvalue weighted by Crippen LogP contribution is 2.30. The van der Waals surface area contributed by atoms with Gasteiger partial charge in [-0.2, -0.15) is 5.26 Å². The number of ether oxygens (including phenoxy) is 1. The highest BCUT2D eigenvalue weighted by atomic mass is 16.5. The Morgan fingerprint density at radius 1 is 1.23 bits per heavy atom. The first-order chi connectivity index (χ1) is 10.7. The summed E-state index contributed by atoms with van der Waals surface area (Å²) in [5.74, 6) is 0.108. The molecule has 0 fully saturated rings. The van der Waals surface area contributed by atoms with Crippen LogP contribution in [0, 0.1) is 11.3 Å². The number of hydrogen-bond donors (Lipinski definition) is 0. The van der Waals surface area contributed by atoms with Gasteiger partial charge >= 0.3 is 5.97 Å². The average Bonchev–Trinajstić information content (AvgIpc) is 2.84. The number of hydrogen-bond acceptors (Lipinski definition) is 3. The van der Waals surface area contributed by atoms with E-state index in [1.54, 1.807) is 18.3 Å². The van der Waals surface area contributed by atoms with Crippen LogP contribution in [0.5, 0.6) is 5.75 Å². The van der Waals surface area contributed by atoms with Gasteiger partial charge in [-0.3, -0.25) is 4.79 Å². The summed E-state index contributed by atoms with van der Waals surface area (Å²) in [5.41, 5.74) is 2.62. The van der Waals surface area contributed by atoms with Gasteiger partial charge in [0.15, 0.2) is 5.75 Å². The normalized spacial score (nSPS) is 10.4. The minimum atomic E-state index is -0.374. The van der Waals surface area contributed by atoms with Crippen LogP contribution in [0.4, 0.5) is 0 Å². The number of carbonyl (C=O) groups excluding carboxylic acids is 1. The summed E-state index contributed by atoms with van der Waals surface area (Å²) in [4.78, 5) is 11.3. The number of nitrogens with zero attached hydrogens (tertiary/aromatic N) is 2. The molecule has 0 amide bonds. The Morgan fingerprint density at radius 2 is 2.00 bits per heavy atom. The van der Waals surface area contributed by atoms with E-state index in [4.69, 9.17) is 10.00 Å². The molecule has 0 saturated heterocycles. The third-order valence-electron chi connectivity index (χ3n) is 3.42. The van der Waals surface area contributed by atoms with Gasteiger partial charge in [-0.15, -0.1) is 0 Å². The van der Waals surface area contributed by atoms with E-state index in [2.05, 4.69) is 6.07 Å². The predicted molar refractivity (Wildman–Crippen MR) is 83.5 cm³/mol. The van der Waals surface area contributed by atoms with Crippen LogP contribution in [0.3, 0.4) is 0 Å². The fraction of sp³-hybridized carbons (Fsp3) is 0.111. The van der Waals surface area contributed by atoms with Crippen LogP contribution in [0.15, 0.2) is 54.7 Å². The standard InChI is InChI=1S/C18H14N2O2/c1-13(21)22-18-12-20(11-14-5-3-2-4-6-14)17-8-7-15(10-19)9-16(17)18/h2-9,12H,11H2,1H3. The maximum atomic E-state index is 11.3. The topological polar surface area (TPSA) is 55.0 Å². The molecule has 4 nitrogen and oxygen atoms in total. The van der Waals surface area contributed by atoms with Crippen LogP contribution in [-0.2, 0) is 11.3 Å². The second kappa shape index (κ2) is 5.74. The molecule has 0 aliphatic heterocycles. The molecule has 108 valence electrons. The quantitative estimate of drug-likeness (QED) is 0.694.